The van der Waals surface area contributed by atoms with Crippen LogP contribution in [0.4, 0.5) is 5.69 Å². The van der Waals surface area contributed by atoms with E-state index in [1.54, 1.807) is 43.3 Å². The SMILES string of the molecule is Cc1nc2ccc(Cl)cc2cc1C(=O)Nc1cccc(S(=O)(=O)NC2=NCCC2)c1. The van der Waals surface area contributed by atoms with Crippen molar-refractivity contribution in [2.45, 2.75) is 24.7 Å². The van der Waals surface area contributed by atoms with Crippen molar-refractivity contribution in [2.75, 3.05) is 11.9 Å². The minimum absolute atomic E-state index is 0.0510. The number of aliphatic imine (C=N–C) groups is 1. The number of carbonyl (C=O) groups excluding carboxylic acids is 1. The highest BCUT2D eigenvalue weighted by Crippen LogP contribution is 2.22. The van der Waals surface area contributed by atoms with Gasteiger partial charge in [-0.2, -0.15) is 0 Å². The highest BCUT2D eigenvalue weighted by atomic mass is 35.5. The van der Waals surface area contributed by atoms with Gasteiger partial charge in [0.1, 0.15) is 5.84 Å². The zero-order valence-corrected chi connectivity index (χ0v) is 17.7. The lowest BCUT2D eigenvalue weighted by Gasteiger charge is -2.11. The van der Waals surface area contributed by atoms with Crippen LogP contribution < -0.4 is 10.0 Å². The number of pyridine rings is 1. The van der Waals surface area contributed by atoms with E-state index in [0.29, 0.717) is 40.8 Å². The van der Waals surface area contributed by atoms with Crippen molar-refractivity contribution in [3.63, 3.8) is 0 Å². The van der Waals surface area contributed by atoms with Gasteiger partial charge in [-0.05, 0) is 55.8 Å². The first-order chi connectivity index (χ1) is 14.3. The highest BCUT2D eigenvalue weighted by molar-refractivity contribution is 7.90. The van der Waals surface area contributed by atoms with Gasteiger partial charge in [-0.1, -0.05) is 17.7 Å². The van der Waals surface area contributed by atoms with Crippen molar-refractivity contribution >= 4 is 50.0 Å². The largest absolute Gasteiger partial charge is 0.322 e. The number of aromatic nitrogens is 1. The van der Waals surface area contributed by atoms with Crippen LogP contribution in [0.25, 0.3) is 10.9 Å². The molecule has 1 aliphatic heterocycles. The second kappa shape index (κ2) is 8.04. The molecule has 0 radical (unpaired) electrons. The minimum Gasteiger partial charge on any atom is -0.322 e. The van der Waals surface area contributed by atoms with E-state index < -0.39 is 10.0 Å². The molecule has 0 fully saturated rings. The van der Waals surface area contributed by atoms with Gasteiger partial charge in [0.2, 0.25) is 0 Å². The van der Waals surface area contributed by atoms with Crippen LogP contribution in [0.15, 0.2) is 58.4 Å². The van der Waals surface area contributed by atoms with Gasteiger partial charge in [-0.25, -0.2) is 8.42 Å². The monoisotopic (exact) mass is 442 g/mol. The van der Waals surface area contributed by atoms with Crippen LogP contribution in [-0.4, -0.2) is 31.7 Å². The Hall–Kier alpha value is -2.97. The highest BCUT2D eigenvalue weighted by Gasteiger charge is 2.19. The predicted molar refractivity (Wildman–Crippen MR) is 118 cm³/mol. The fourth-order valence-corrected chi connectivity index (χ4v) is 4.56. The number of anilines is 1. The first kappa shape index (κ1) is 20.3. The summed E-state index contributed by atoms with van der Waals surface area (Å²) >= 11 is 6.04. The number of amidine groups is 1. The molecule has 2 heterocycles. The number of hydrogen-bond donors (Lipinski definition) is 2. The lowest BCUT2D eigenvalue weighted by molar-refractivity contribution is 0.102. The topological polar surface area (TPSA) is 101 Å². The van der Waals surface area contributed by atoms with Crippen molar-refractivity contribution in [3.05, 3.63) is 64.8 Å². The third kappa shape index (κ3) is 4.29. The third-order valence-electron chi connectivity index (χ3n) is 4.74. The molecule has 0 saturated carbocycles. The van der Waals surface area contributed by atoms with Crippen molar-refractivity contribution in [1.29, 1.82) is 0 Å². The van der Waals surface area contributed by atoms with Crippen LogP contribution in [0.5, 0.6) is 0 Å². The Morgan fingerprint density at radius 1 is 1.13 bits per heavy atom. The van der Waals surface area contributed by atoms with Crippen molar-refractivity contribution < 1.29 is 13.2 Å². The Morgan fingerprint density at radius 2 is 1.97 bits per heavy atom. The molecule has 9 heteroatoms. The van der Waals surface area contributed by atoms with Gasteiger partial charge in [-0.15, -0.1) is 0 Å². The molecule has 0 atom stereocenters. The first-order valence-electron chi connectivity index (χ1n) is 9.36. The third-order valence-corrected chi connectivity index (χ3v) is 6.35. The van der Waals surface area contributed by atoms with Crippen molar-refractivity contribution in [3.8, 4) is 0 Å². The molecule has 4 rings (SSSR count). The van der Waals surface area contributed by atoms with E-state index in [4.69, 9.17) is 11.6 Å². The van der Waals surface area contributed by atoms with Crippen LogP contribution in [0.2, 0.25) is 5.02 Å². The normalized spacial score (nSPS) is 13.9. The van der Waals surface area contributed by atoms with E-state index in [1.165, 1.54) is 12.1 Å². The maximum atomic E-state index is 12.8. The molecule has 0 saturated heterocycles. The van der Waals surface area contributed by atoms with Crippen LogP contribution in [-0.2, 0) is 10.0 Å². The maximum absolute atomic E-state index is 12.8. The summed E-state index contributed by atoms with van der Waals surface area (Å²) in [6.07, 6.45) is 1.44. The Balaban J connectivity index is 1.59. The lowest BCUT2D eigenvalue weighted by atomic mass is 10.1. The summed E-state index contributed by atoms with van der Waals surface area (Å²) in [5, 5.41) is 4.05. The number of sulfonamides is 1. The summed E-state index contributed by atoms with van der Waals surface area (Å²) in [5.41, 5.74) is 2.05. The molecule has 2 N–H and O–H groups in total. The fourth-order valence-electron chi connectivity index (χ4n) is 3.25. The average molecular weight is 443 g/mol. The van der Waals surface area contributed by atoms with Crippen LogP contribution in [0.3, 0.4) is 0 Å². The Bertz CT molecular complexity index is 1290. The molecule has 154 valence electrons. The van der Waals surface area contributed by atoms with E-state index in [1.807, 2.05) is 0 Å². The Morgan fingerprint density at radius 3 is 2.73 bits per heavy atom. The molecule has 1 amide bonds. The Kier molecular flexibility index (Phi) is 5.44. The van der Waals surface area contributed by atoms with E-state index >= 15 is 0 Å². The molecule has 0 bridgehead atoms. The zero-order valence-electron chi connectivity index (χ0n) is 16.1. The summed E-state index contributed by atoms with van der Waals surface area (Å²) in [6, 6.07) is 13.1. The Labute approximate surface area is 179 Å². The lowest BCUT2D eigenvalue weighted by Crippen LogP contribution is -2.29. The molecule has 3 aromatic rings. The number of amides is 1. The second-order valence-electron chi connectivity index (χ2n) is 6.98. The van der Waals surface area contributed by atoms with Gasteiger partial charge in [-0.3, -0.25) is 19.5 Å². The zero-order chi connectivity index (χ0) is 21.3. The maximum Gasteiger partial charge on any atom is 0.262 e. The average Bonchev–Trinajstić information content (AvgIpc) is 3.20. The molecule has 30 heavy (non-hydrogen) atoms. The molecule has 1 aliphatic rings. The minimum atomic E-state index is -3.77. The number of aryl methyl sites for hydroxylation is 1. The van der Waals surface area contributed by atoms with E-state index in [2.05, 4.69) is 20.0 Å². The van der Waals surface area contributed by atoms with Gasteiger partial charge in [0.15, 0.2) is 0 Å². The molecular weight excluding hydrogens is 424 g/mol. The molecule has 7 nitrogen and oxygen atoms in total. The van der Waals surface area contributed by atoms with E-state index in [0.717, 1.165) is 17.3 Å². The summed E-state index contributed by atoms with van der Waals surface area (Å²) in [4.78, 5) is 21.5. The predicted octanol–water partition coefficient (Wildman–Crippen LogP) is 3.92. The quantitative estimate of drug-likeness (QED) is 0.639. The molecular formula is C21H19ClN4O3S. The number of fused-ring (bicyclic) bond motifs is 1. The molecule has 1 aromatic heterocycles. The molecule has 2 aromatic carbocycles. The second-order valence-corrected chi connectivity index (χ2v) is 9.10. The van der Waals surface area contributed by atoms with Crippen LogP contribution in [0, 0.1) is 6.92 Å². The summed E-state index contributed by atoms with van der Waals surface area (Å²) in [5.74, 6) is 0.0745. The fraction of sp³-hybridized carbons (Fsp3) is 0.190. The molecule has 0 spiro atoms. The van der Waals surface area contributed by atoms with Gasteiger partial charge < -0.3 is 5.32 Å². The van der Waals surface area contributed by atoms with Gasteiger partial charge >= 0.3 is 0 Å². The smallest absolute Gasteiger partial charge is 0.262 e. The van der Waals surface area contributed by atoms with Gasteiger partial charge in [0, 0.05) is 29.1 Å². The number of halogens is 1. The van der Waals surface area contributed by atoms with Crippen molar-refractivity contribution in [1.82, 2.24) is 9.71 Å². The first-order valence-corrected chi connectivity index (χ1v) is 11.2. The van der Waals surface area contributed by atoms with Crippen LogP contribution in [0.1, 0.15) is 28.9 Å². The van der Waals surface area contributed by atoms with Crippen molar-refractivity contribution in [2.24, 2.45) is 4.99 Å². The number of carbonyl (C=O) groups is 1. The summed E-state index contributed by atoms with van der Waals surface area (Å²) < 4.78 is 27.7. The number of benzene rings is 2. The number of rotatable bonds is 4. The number of hydrogen-bond acceptors (Lipinski definition) is 5. The molecule has 0 aliphatic carbocycles. The standard InChI is InChI=1S/C21H19ClN4O3S/c1-13-18(11-14-10-15(22)7-8-19(14)24-13)21(27)25-16-4-2-5-17(12-16)30(28,29)26-20-6-3-9-23-20/h2,4-5,7-8,10-12H,3,6,9H2,1H3,(H,23,26)(H,25,27). The molecule has 0 unspecified atom stereocenters. The van der Waals surface area contributed by atoms with Gasteiger partial charge in [0.05, 0.1) is 21.7 Å². The number of nitrogens with one attached hydrogen (secondary N) is 2. The van der Waals surface area contributed by atoms with Gasteiger partial charge in [0.25, 0.3) is 15.9 Å². The van der Waals surface area contributed by atoms with Crippen LogP contribution >= 0.6 is 11.6 Å². The summed E-state index contributed by atoms with van der Waals surface area (Å²) in [6.45, 7) is 2.37. The summed E-state index contributed by atoms with van der Waals surface area (Å²) in [7, 11) is -3.77. The number of nitrogens with zero attached hydrogens (tertiary/aromatic N) is 2. The van der Waals surface area contributed by atoms with E-state index in [-0.39, 0.29) is 10.8 Å². The van der Waals surface area contributed by atoms with E-state index in [9.17, 15) is 13.2 Å².